The lowest BCUT2D eigenvalue weighted by molar-refractivity contribution is 0.467. The zero-order chi connectivity index (χ0) is 15.6. The van der Waals surface area contributed by atoms with Gasteiger partial charge < -0.3 is 5.73 Å². The van der Waals surface area contributed by atoms with E-state index in [1.807, 2.05) is 13.0 Å². The van der Waals surface area contributed by atoms with Crippen LogP contribution in [-0.4, -0.2) is 29.6 Å². The van der Waals surface area contributed by atoms with Crippen LogP contribution in [0.1, 0.15) is 12.5 Å². The fraction of sp³-hybridized carbons (Fsp3) is 0.308. The van der Waals surface area contributed by atoms with E-state index in [4.69, 9.17) is 17.3 Å². The first-order valence-corrected chi connectivity index (χ1v) is 8.20. The summed E-state index contributed by atoms with van der Waals surface area (Å²) >= 11 is 5.91. The zero-order valence-electron chi connectivity index (χ0n) is 11.8. The van der Waals surface area contributed by atoms with Crippen LogP contribution in [0.2, 0.25) is 5.02 Å². The van der Waals surface area contributed by atoms with Crippen molar-refractivity contribution in [2.75, 3.05) is 12.8 Å². The van der Waals surface area contributed by atoms with Crippen LogP contribution in [0.3, 0.4) is 0 Å². The average molecular weight is 329 g/mol. The summed E-state index contributed by atoms with van der Waals surface area (Å²) in [6, 6.07) is 7.06. The maximum Gasteiger partial charge on any atom is 0.248 e. The second-order valence-corrected chi connectivity index (χ2v) is 7.08. The Bertz CT molecular complexity index is 742. The standard InChI is InChI=1S/C13H17ClN4O2S/c1-3-18-9-12(13(15)16-18)21(19,20)17(2)8-10-5-4-6-11(14)7-10/h4-7,9H,3,8H2,1-2H3,(H2,15,16). The van der Waals surface area contributed by atoms with Gasteiger partial charge in [-0.15, -0.1) is 0 Å². The first kappa shape index (κ1) is 15.8. The topological polar surface area (TPSA) is 81.2 Å². The number of nitrogens with zero attached hydrogens (tertiary/aromatic N) is 3. The molecule has 0 unspecified atom stereocenters. The van der Waals surface area contributed by atoms with Crippen molar-refractivity contribution in [1.29, 1.82) is 0 Å². The predicted molar refractivity (Wildman–Crippen MR) is 82.4 cm³/mol. The van der Waals surface area contributed by atoms with E-state index in [1.165, 1.54) is 22.2 Å². The number of anilines is 1. The second kappa shape index (κ2) is 6.05. The lowest BCUT2D eigenvalue weighted by Crippen LogP contribution is -2.26. The Morgan fingerprint density at radius 1 is 1.43 bits per heavy atom. The zero-order valence-corrected chi connectivity index (χ0v) is 13.4. The van der Waals surface area contributed by atoms with E-state index >= 15 is 0 Å². The molecule has 8 heteroatoms. The normalized spacial score (nSPS) is 12.0. The summed E-state index contributed by atoms with van der Waals surface area (Å²) < 4.78 is 27.8. The summed E-state index contributed by atoms with van der Waals surface area (Å²) in [4.78, 5) is 0.0221. The molecule has 1 heterocycles. The summed E-state index contributed by atoms with van der Waals surface area (Å²) in [6.45, 7) is 2.62. The number of hydrogen-bond donors (Lipinski definition) is 1. The molecule has 0 aliphatic rings. The molecule has 0 radical (unpaired) electrons. The van der Waals surface area contributed by atoms with Gasteiger partial charge in [-0.25, -0.2) is 8.42 Å². The van der Waals surface area contributed by atoms with Crippen molar-refractivity contribution in [1.82, 2.24) is 14.1 Å². The highest BCUT2D eigenvalue weighted by Crippen LogP contribution is 2.22. The predicted octanol–water partition coefficient (Wildman–Crippen LogP) is 1.96. The molecule has 0 aliphatic carbocycles. The Labute approximate surface area is 129 Å². The maximum atomic E-state index is 12.5. The van der Waals surface area contributed by atoms with Gasteiger partial charge in [0.1, 0.15) is 4.90 Å². The molecule has 114 valence electrons. The molecule has 0 saturated carbocycles. The van der Waals surface area contributed by atoms with Gasteiger partial charge in [-0.05, 0) is 24.6 Å². The summed E-state index contributed by atoms with van der Waals surface area (Å²) in [7, 11) is -2.19. The van der Waals surface area contributed by atoms with Gasteiger partial charge in [0.05, 0.1) is 0 Å². The van der Waals surface area contributed by atoms with Crippen molar-refractivity contribution in [3.05, 3.63) is 41.0 Å². The fourth-order valence-corrected chi connectivity index (χ4v) is 3.35. The number of sulfonamides is 1. The van der Waals surface area contributed by atoms with Crippen LogP contribution >= 0.6 is 11.6 Å². The fourth-order valence-electron chi connectivity index (χ4n) is 1.92. The van der Waals surface area contributed by atoms with Crippen LogP contribution < -0.4 is 5.73 Å². The number of halogens is 1. The summed E-state index contributed by atoms with van der Waals surface area (Å²) in [6.07, 6.45) is 1.44. The van der Waals surface area contributed by atoms with Gasteiger partial charge in [-0.1, -0.05) is 23.7 Å². The van der Waals surface area contributed by atoms with Crippen molar-refractivity contribution in [2.24, 2.45) is 0 Å². The van der Waals surface area contributed by atoms with Gasteiger partial charge in [0.15, 0.2) is 5.82 Å². The summed E-state index contributed by atoms with van der Waals surface area (Å²) in [5.74, 6) is 0.00907. The molecular weight excluding hydrogens is 312 g/mol. The van der Waals surface area contributed by atoms with Crippen molar-refractivity contribution in [3.8, 4) is 0 Å². The number of benzene rings is 1. The molecule has 1 aromatic carbocycles. The first-order valence-electron chi connectivity index (χ1n) is 6.38. The molecule has 0 aliphatic heterocycles. The van der Waals surface area contributed by atoms with Gasteiger partial charge in [0, 0.05) is 31.4 Å². The number of nitrogen functional groups attached to an aromatic ring is 1. The van der Waals surface area contributed by atoms with E-state index in [1.54, 1.807) is 18.2 Å². The number of hydrogen-bond acceptors (Lipinski definition) is 4. The highest BCUT2D eigenvalue weighted by Gasteiger charge is 2.26. The van der Waals surface area contributed by atoms with Crippen LogP contribution in [0.15, 0.2) is 35.4 Å². The third kappa shape index (κ3) is 3.37. The smallest absolute Gasteiger partial charge is 0.248 e. The van der Waals surface area contributed by atoms with Crippen LogP contribution in [0.25, 0.3) is 0 Å². The number of nitrogens with two attached hydrogens (primary N) is 1. The van der Waals surface area contributed by atoms with E-state index in [0.717, 1.165) is 5.56 Å². The lowest BCUT2D eigenvalue weighted by atomic mass is 10.2. The molecule has 0 spiro atoms. The Hall–Kier alpha value is -1.57. The Morgan fingerprint density at radius 3 is 2.71 bits per heavy atom. The highest BCUT2D eigenvalue weighted by atomic mass is 35.5. The molecule has 6 nitrogen and oxygen atoms in total. The molecule has 1 aromatic heterocycles. The first-order chi connectivity index (χ1) is 9.84. The number of aryl methyl sites for hydroxylation is 1. The minimum atomic E-state index is -3.69. The quantitative estimate of drug-likeness (QED) is 0.909. The van der Waals surface area contributed by atoms with Gasteiger partial charge in [-0.3, -0.25) is 4.68 Å². The van der Waals surface area contributed by atoms with Crippen LogP contribution in [-0.2, 0) is 23.1 Å². The van der Waals surface area contributed by atoms with E-state index in [9.17, 15) is 8.42 Å². The molecule has 0 fully saturated rings. The van der Waals surface area contributed by atoms with Gasteiger partial charge in [-0.2, -0.15) is 9.40 Å². The van der Waals surface area contributed by atoms with Gasteiger partial charge in [0.2, 0.25) is 10.0 Å². The van der Waals surface area contributed by atoms with Crippen molar-refractivity contribution in [2.45, 2.75) is 24.9 Å². The molecule has 0 saturated heterocycles. The van der Waals surface area contributed by atoms with Crippen LogP contribution in [0.4, 0.5) is 5.82 Å². The molecule has 21 heavy (non-hydrogen) atoms. The molecule has 2 rings (SSSR count). The van der Waals surface area contributed by atoms with Crippen molar-refractivity contribution < 1.29 is 8.42 Å². The van der Waals surface area contributed by atoms with E-state index in [2.05, 4.69) is 5.10 Å². The molecule has 2 N–H and O–H groups in total. The monoisotopic (exact) mass is 328 g/mol. The highest BCUT2D eigenvalue weighted by molar-refractivity contribution is 7.89. The largest absolute Gasteiger partial charge is 0.381 e. The number of aromatic nitrogens is 2. The Balaban J connectivity index is 2.28. The Morgan fingerprint density at radius 2 is 2.14 bits per heavy atom. The minimum Gasteiger partial charge on any atom is -0.381 e. The lowest BCUT2D eigenvalue weighted by Gasteiger charge is -2.16. The second-order valence-electron chi connectivity index (χ2n) is 4.63. The molecule has 0 atom stereocenters. The Kier molecular flexibility index (Phi) is 4.55. The van der Waals surface area contributed by atoms with Crippen molar-refractivity contribution >= 4 is 27.4 Å². The van der Waals surface area contributed by atoms with Gasteiger partial charge >= 0.3 is 0 Å². The van der Waals surface area contributed by atoms with Gasteiger partial charge in [0.25, 0.3) is 0 Å². The summed E-state index contributed by atoms with van der Waals surface area (Å²) in [5.41, 5.74) is 6.50. The molecule has 0 amide bonds. The molecular formula is C13H17ClN4O2S. The van der Waals surface area contributed by atoms with Crippen LogP contribution in [0, 0.1) is 0 Å². The molecule has 2 aromatic rings. The minimum absolute atomic E-state index is 0.00907. The number of rotatable bonds is 5. The third-order valence-corrected chi connectivity index (χ3v) is 5.12. The molecule has 0 bridgehead atoms. The van der Waals surface area contributed by atoms with Crippen LogP contribution in [0.5, 0.6) is 0 Å². The maximum absolute atomic E-state index is 12.5. The summed E-state index contributed by atoms with van der Waals surface area (Å²) in [5, 5.41) is 4.53. The van der Waals surface area contributed by atoms with E-state index < -0.39 is 10.0 Å². The SMILES string of the molecule is CCn1cc(S(=O)(=O)N(C)Cc2cccc(Cl)c2)c(N)n1. The van der Waals surface area contributed by atoms with E-state index in [0.29, 0.717) is 11.6 Å². The van der Waals surface area contributed by atoms with E-state index in [-0.39, 0.29) is 17.3 Å². The third-order valence-electron chi connectivity index (χ3n) is 3.06. The average Bonchev–Trinajstić information content (AvgIpc) is 2.80. The van der Waals surface area contributed by atoms with Crippen molar-refractivity contribution in [3.63, 3.8) is 0 Å².